The van der Waals surface area contributed by atoms with E-state index in [1.165, 1.54) is 12.0 Å². The zero-order chi connectivity index (χ0) is 13.9. The van der Waals surface area contributed by atoms with Crippen molar-refractivity contribution in [3.05, 3.63) is 60.2 Å². The number of aliphatic hydroxyl groups excluding tert-OH is 1. The van der Waals surface area contributed by atoms with Crippen molar-refractivity contribution in [3.63, 3.8) is 0 Å². The van der Waals surface area contributed by atoms with E-state index in [1.807, 2.05) is 30.3 Å². The van der Waals surface area contributed by atoms with Gasteiger partial charge >= 0.3 is 0 Å². The highest BCUT2D eigenvalue weighted by Gasteiger charge is 2.30. The van der Waals surface area contributed by atoms with Crippen LogP contribution in [0.3, 0.4) is 0 Å². The van der Waals surface area contributed by atoms with Crippen LogP contribution in [0.5, 0.6) is 0 Å². The van der Waals surface area contributed by atoms with E-state index in [4.69, 9.17) is 5.73 Å². The van der Waals surface area contributed by atoms with E-state index in [0.29, 0.717) is 5.92 Å². The molecule has 3 rings (SSSR count). The first-order valence-corrected chi connectivity index (χ1v) is 7.35. The number of hydrogen-bond donors (Lipinski definition) is 2. The summed E-state index contributed by atoms with van der Waals surface area (Å²) in [6.07, 6.45) is 3.01. The van der Waals surface area contributed by atoms with Crippen LogP contribution in [0.4, 0.5) is 0 Å². The van der Waals surface area contributed by atoms with Crippen LogP contribution >= 0.6 is 12.4 Å². The third-order valence-corrected chi connectivity index (χ3v) is 4.38. The molecule has 2 atom stereocenters. The van der Waals surface area contributed by atoms with Crippen molar-refractivity contribution in [2.24, 2.45) is 11.7 Å². The van der Waals surface area contributed by atoms with Crippen molar-refractivity contribution in [3.8, 4) is 11.1 Å². The smallest absolute Gasteiger partial charge is 0.0760 e. The molecule has 21 heavy (non-hydrogen) atoms. The van der Waals surface area contributed by atoms with Crippen molar-refractivity contribution >= 4 is 12.4 Å². The van der Waals surface area contributed by atoms with Gasteiger partial charge in [0, 0.05) is 0 Å². The summed E-state index contributed by atoms with van der Waals surface area (Å²) in [5.41, 5.74) is 9.60. The second kappa shape index (κ2) is 7.08. The van der Waals surface area contributed by atoms with Crippen LogP contribution in [0.1, 0.15) is 30.9 Å². The lowest BCUT2D eigenvalue weighted by Gasteiger charge is -2.33. The van der Waals surface area contributed by atoms with E-state index in [-0.39, 0.29) is 18.4 Å². The molecule has 3 N–H and O–H groups in total. The number of halogens is 1. The van der Waals surface area contributed by atoms with Gasteiger partial charge in [-0.1, -0.05) is 55.0 Å². The first-order chi connectivity index (χ1) is 9.75. The molecule has 0 radical (unpaired) electrons. The Labute approximate surface area is 132 Å². The Morgan fingerprint density at radius 2 is 1.62 bits per heavy atom. The Hall–Kier alpha value is -1.35. The minimum Gasteiger partial charge on any atom is -0.391 e. The number of aliphatic hydroxyl groups is 1. The molecular formula is C18H22ClNO. The highest BCUT2D eigenvalue weighted by atomic mass is 35.5. The molecule has 2 aromatic carbocycles. The molecule has 1 aliphatic carbocycles. The molecular weight excluding hydrogens is 282 g/mol. The maximum absolute atomic E-state index is 10.3. The monoisotopic (exact) mass is 303 g/mol. The van der Waals surface area contributed by atoms with Crippen LogP contribution < -0.4 is 5.73 Å². The normalized spacial score (nSPS) is 17.4. The van der Waals surface area contributed by atoms with Crippen LogP contribution in [0.15, 0.2) is 54.6 Å². The summed E-state index contributed by atoms with van der Waals surface area (Å²) < 4.78 is 0. The topological polar surface area (TPSA) is 46.2 Å². The number of hydrogen-bond acceptors (Lipinski definition) is 2. The third-order valence-electron chi connectivity index (χ3n) is 4.38. The number of rotatable bonds is 4. The third kappa shape index (κ3) is 3.46. The Morgan fingerprint density at radius 1 is 0.952 bits per heavy atom. The van der Waals surface area contributed by atoms with Gasteiger partial charge in [0.2, 0.25) is 0 Å². The maximum atomic E-state index is 10.3. The quantitative estimate of drug-likeness (QED) is 0.899. The fraction of sp³-hybridized carbons (Fsp3) is 0.333. The van der Waals surface area contributed by atoms with Crippen molar-refractivity contribution in [1.82, 2.24) is 0 Å². The van der Waals surface area contributed by atoms with Gasteiger partial charge in [-0.05, 0) is 41.5 Å². The van der Waals surface area contributed by atoms with E-state index in [1.54, 1.807) is 0 Å². The second-order valence-corrected chi connectivity index (χ2v) is 5.70. The molecule has 0 bridgehead atoms. The molecule has 1 saturated carbocycles. The van der Waals surface area contributed by atoms with Crippen LogP contribution in [0.2, 0.25) is 0 Å². The van der Waals surface area contributed by atoms with Crippen LogP contribution in [-0.4, -0.2) is 11.2 Å². The number of nitrogens with two attached hydrogens (primary N) is 1. The van der Waals surface area contributed by atoms with E-state index in [2.05, 4.69) is 24.3 Å². The van der Waals surface area contributed by atoms with Crippen LogP contribution in [-0.2, 0) is 0 Å². The van der Waals surface area contributed by atoms with E-state index in [9.17, 15) is 5.11 Å². The van der Waals surface area contributed by atoms with Crippen molar-refractivity contribution in [2.45, 2.75) is 31.4 Å². The molecule has 3 heteroatoms. The lowest BCUT2D eigenvalue weighted by molar-refractivity contribution is 0.0414. The zero-order valence-corrected chi connectivity index (χ0v) is 12.8. The molecule has 0 aliphatic heterocycles. The zero-order valence-electron chi connectivity index (χ0n) is 12.0. The standard InChI is InChI=1S/C18H21NO.ClH/c19-17(18(20)14-8-4-9-14)16-11-5-10-15(12-16)13-6-2-1-3-7-13;/h1-3,5-7,10-12,14,17-18,20H,4,8-9,19H2;1H/t17-,18+;/m0./s1. The van der Waals surface area contributed by atoms with Crippen LogP contribution in [0, 0.1) is 5.92 Å². The average molecular weight is 304 g/mol. The maximum Gasteiger partial charge on any atom is 0.0760 e. The molecule has 0 unspecified atom stereocenters. The molecule has 0 aromatic heterocycles. The van der Waals surface area contributed by atoms with Gasteiger partial charge in [-0.15, -0.1) is 12.4 Å². The predicted octanol–water partition coefficient (Wildman–Crippen LogP) is 3.94. The largest absolute Gasteiger partial charge is 0.391 e. The van der Waals surface area contributed by atoms with Gasteiger partial charge in [-0.25, -0.2) is 0 Å². The molecule has 112 valence electrons. The summed E-state index contributed by atoms with van der Waals surface area (Å²) in [6.45, 7) is 0. The van der Waals surface area contributed by atoms with Gasteiger partial charge in [0.25, 0.3) is 0 Å². The minimum absolute atomic E-state index is 0. The Bertz CT molecular complexity index is 568. The lowest BCUT2D eigenvalue weighted by Crippen LogP contribution is -2.36. The molecule has 0 heterocycles. The van der Waals surface area contributed by atoms with Crippen molar-refractivity contribution in [1.29, 1.82) is 0 Å². The highest BCUT2D eigenvalue weighted by molar-refractivity contribution is 5.85. The van der Waals surface area contributed by atoms with Gasteiger partial charge in [-0.3, -0.25) is 0 Å². The lowest BCUT2D eigenvalue weighted by atomic mass is 9.77. The fourth-order valence-electron chi connectivity index (χ4n) is 2.83. The minimum atomic E-state index is -0.422. The first-order valence-electron chi connectivity index (χ1n) is 7.35. The SMILES string of the molecule is Cl.N[C@@H](c1cccc(-c2ccccc2)c1)[C@H](O)C1CCC1. The van der Waals surface area contributed by atoms with Gasteiger partial charge < -0.3 is 10.8 Å². The van der Waals surface area contributed by atoms with E-state index >= 15 is 0 Å². The summed E-state index contributed by atoms with van der Waals surface area (Å²) in [4.78, 5) is 0. The summed E-state index contributed by atoms with van der Waals surface area (Å²) >= 11 is 0. The van der Waals surface area contributed by atoms with Gasteiger partial charge in [-0.2, -0.15) is 0 Å². The summed E-state index contributed by atoms with van der Waals surface area (Å²) in [5.74, 6) is 0.380. The molecule has 2 aromatic rings. The Kier molecular flexibility index (Phi) is 5.40. The Morgan fingerprint density at radius 3 is 2.24 bits per heavy atom. The molecule has 0 saturated heterocycles. The second-order valence-electron chi connectivity index (χ2n) is 5.70. The highest BCUT2D eigenvalue weighted by Crippen LogP contribution is 2.35. The van der Waals surface area contributed by atoms with Crippen molar-refractivity contribution < 1.29 is 5.11 Å². The molecule has 2 nitrogen and oxygen atoms in total. The average Bonchev–Trinajstić information content (AvgIpc) is 2.46. The van der Waals surface area contributed by atoms with Gasteiger partial charge in [0.15, 0.2) is 0 Å². The predicted molar refractivity (Wildman–Crippen MR) is 89.4 cm³/mol. The van der Waals surface area contributed by atoms with Crippen LogP contribution in [0.25, 0.3) is 11.1 Å². The molecule has 1 aliphatic rings. The fourth-order valence-corrected chi connectivity index (χ4v) is 2.83. The first kappa shape index (κ1) is 16.0. The van der Waals surface area contributed by atoms with E-state index < -0.39 is 6.10 Å². The molecule has 0 spiro atoms. The van der Waals surface area contributed by atoms with Gasteiger partial charge in [0.05, 0.1) is 12.1 Å². The van der Waals surface area contributed by atoms with Crippen molar-refractivity contribution in [2.75, 3.05) is 0 Å². The number of benzene rings is 2. The Balaban J connectivity index is 0.00000161. The molecule has 1 fully saturated rings. The molecule has 0 amide bonds. The summed E-state index contributed by atoms with van der Waals surface area (Å²) in [6, 6.07) is 18.2. The van der Waals surface area contributed by atoms with Gasteiger partial charge in [0.1, 0.15) is 0 Å². The summed E-state index contributed by atoms with van der Waals surface area (Å²) in [7, 11) is 0. The summed E-state index contributed by atoms with van der Waals surface area (Å²) in [5, 5.41) is 10.3. The van der Waals surface area contributed by atoms with E-state index in [0.717, 1.165) is 24.0 Å².